The van der Waals surface area contributed by atoms with Crippen molar-refractivity contribution in [1.82, 2.24) is 0 Å². The molecule has 2 rings (SSSR count). The van der Waals surface area contributed by atoms with E-state index in [2.05, 4.69) is 5.32 Å². The number of carbonyl (C=O) groups is 2. The zero-order valence-corrected chi connectivity index (χ0v) is 13.9. The number of benzene rings is 2. The largest absolute Gasteiger partial charge is 0.452 e. The zero-order valence-electron chi connectivity index (χ0n) is 13.1. The first-order valence-corrected chi connectivity index (χ1v) is 7.43. The summed E-state index contributed by atoms with van der Waals surface area (Å²) in [4.78, 5) is 33.8. The number of hydrogen-bond donors (Lipinski definition) is 2. The molecule has 0 aliphatic heterocycles. The molecular weight excluding hydrogens is 350 g/mol. The highest BCUT2D eigenvalue weighted by Crippen LogP contribution is 2.21. The van der Waals surface area contributed by atoms with E-state index in [4.69, 9.17) is 22.1 Å². The van der Waals surface area contributed by atoms with Gasteiger partial charge in [0, 0.05) is 22.8 Å². The molecule has 0 bridgehead atoms. The number of ether oxygens (including phenoxy) is 1. The van der Waals surface area contributed by atoms with E-state index in [0.717, 1.165) is 17.7 Å². The van der Waals surface area contributed by atoms with Crippen molar-refractivity contribution in [3.63, 3.8) is 0 Å². The Morgan fingerprint density at radius 1 is 1.28 bits per heavy atom. The second kappa shape index (κ2) is 7.63. The van der Waals surface area contributed by atoms with E-state index in [9.17, 15) is 19.7 Å². The summed E-state index contributed by atoms with van der Waals surface area (Å²) in [6.45, 7) is 1.28. The zero-order chi connectivity index (χ0) is 18.6. The van der Waals surface area contributed by atoms with Crippen molar-refractivity contribution in [2.24, 2.45) is 0 Å². The van der Waals surface area contributed by atoms with Gasteiger partial charge < -0.3 is 15.8 Å². The lowest BCUT2D eigenvalue weighted by Crippen LogP contribution is -2.21. The topological polar surface area (TPSA) is 125 Å². The Morgan fingerprint density at radius 3 is 2.60 bits per heavy atom. The summed E-state index contributed by atoms with van der Waals surface area (Å²) in [5, 5.41) is 13.7. The third kappa shape index (κ3) is 4.67. The van der Waals surface area contributed by atoms with Gasteiger partial charge in [0.25, 0.3) is 11.6 Å². The number of rotatable bonds is 5. The fourth-order valence-electron chi connectivity index (χ4n) is 1.93. The van der Waals surface area contributed by atoms with Crippen LogP contribution in [0.5, 0.6) is 0 Å². The number of nitrogen functional groups attached to an aromatic ring is 1. The van der Waals surface area contributed by atoms with E-state index < -0.39 is 23.4 Å². The molecule has 3 N–H and O–H groups in total. The molecule has 130 valence electrons. The number of esters is 1. The van der Waals surface area contributed by atoms with Crippen molar-refractivity contribution in [2.75, 3.05) is 17.7 Å². The number of nitro groups is 1. The summed E-state index contributed by atoms with van der Waals surface area (Å²) in [6.07, 6.45) is 0. The number of halogens is 1. The maximum absolute atomic E-state index is 11.9. The second-order valence-electron chi connectivity index (χ2n) is 5.12. The van der Waals surface area contributed by atoms with Gasteiger partial charge in [-0.2, -0.15) is 0 Å². The molecule has 0 radical (unpaired) electrons. The number of carbonyl (C=O) groups excluding carboxylic acids is 2. The van der Waals surface area contributed by atoms with Gasteiger partial charge in [-0.15, -0.1) is 0 Å². The molecular formula is C16H14ClN3O5. The van der Waals surface area contributed by atoms with Crippen molar-refractivity contribution in [2.45, 2.75) is 6.92 Å². The van der Waals surface area contributed by atoms with Gasteiger partial charge in [0.05, 0.1) is 16.2 Å². The number of amides is 1. The van der Waals surface area contributed by atoms with Crippen LogP contribution in [0.25, 0.3) is 0 Å². The molecule has 0 aromatic heterocycles. The summed E-state index contributed by atoms with van der Waals surface area (Å²) >= 11 is 5.96. The average Bonchev–Trinajstić information content (AvgIpc) is 2.56. The first-order chi connectivity index (χ1) is 11.8. The normalized spacial score (nSPS) is 10.2. The molecule has 8 nitrogen and oxygen atoms in total. The molecule has 0 fully saturated rings. The predicted molar refractivity (Wildman–Crippen MR) is 92.6 cm³/mol. The third-order valence-corrected chi connectivity index (χ3v) is 3.66. The molecule has 9 heteroatoms. The van der Waals surface area contributed by atoms with Crippen molar-refractivity contribution >= 4 is 40.5 Å². The van der Waals surface area contributed by atoms with Gasteiger partial charge in [-0.05, 0) is 30.7 Å². The van der Waals surface area contributed by atoms with Crippen LogP contribution in [0.1, 0.15) is 15.9 Å². The van der Waals surface area contributed by atoms with Crippen molar-refractivity contribution in [3.8, 4) is 0 Å². The predicted octanol–water partition coefficient (Wildman–Crippen LogP) is 2.93. The highest BCUT2D eigenvalue weighted by Gasteiger charge is 2.16. The monoisotopic (exact) mass is 363 g/mol. The van der Waals surface area contributed by atoms with Crippen LogP contribution in [-0.4, -0.2) is 23.4 Å². The molecule has 1 amide bonds. The van der Waals surface area contributed by atoms with Crippen molar-refractivity contribution in [3.05, 3.63) is 62.7 Å². The van der Waals surface area contributed by atoms with Crippen molar-refractivity contribution < 1.29 is 19.2 Å². The number of nitrogens with two attached hydrogens (primary N) is 1. The fraction of sp³-hybridized carbons (Fsp3) is 0.125. The van der Waals surface area contributed by atoms with E-state index in [0.29, 0.717) is 10.7 Å². The Morgan fingerprint density at radius 2 is 2.00 bits per heavy atom. The van der Waals surface area contributed by atoms with Crippen LogP contribution in [0.2, 0.25) is 5.02 Å². The minimum absolute atomic E-state index is 0.0585. The number of aryl methyl sites for hydroxylation is 1. The number of non-ortho nitro benzene ring substituents is 1. The Kier molecular flexibility index (Phi) is 5.56. The summed E-state index contributed by atoms with van der Waals surface area (Å²) in [7, 11) is 0. The Balaban J connectivity index is 1.96. The van der Waals surface area contributed by atoms with Gasteiger partial charge in [-0.1, -0.05) is 17.7 Å². The lowest BCUT2D eigenvalue weighted by atomic mass is 10.1. The lowest BCUT2D eigenvalue weighted by Gasteiger charge is -2.09. The van der Waals surface area contributed by atoms with Gasteiger partial charge in [0.15, 0.2) is 6.61 Å². The quantitative estimate of drug-likeness (QED) is 0.364. The molecule has 0 heterocycles. The molecule has 0 saturated carbocycles. The number of nitrogens with zero attached hydrogens (tertiary/aromatic N) is 1. The minimum Gasteiger partial charge on any atom is -0.452 e. The highest BCUT2D eigenvalue weighted by atomic mass is 35.5. The Labute approximate surface area is 147 Å². The van der Waals surface area contributed by atoms with Crippen LogP contribution >= 0.6 is 11.6 Å². The number of nitro benzene ring substituents is 1. The van der Waals surface area contributed by atoms with Crippen molar-refractivity contribution in [1.29, 1.82) is 0 Å². The third-order valence-electron chi connectivity index (χ3n) is 3.26. The lowest BCUT2D eigenvalue weighted by molar-refractivity contribution is -0.384. The first-order valence-electron chi connectivity index (χ1n) is 7.05. The number of nitrogens with one attached hydrogen (secondary N) is 1. The van der Waals surface area contributed by atoms with Crippen LogP contribution in [0.4, 0.5) is 17.1 Å². The van der Waals surface area contributed by atoms with Gasteiger partial charge in [0.2, 0.25) is 0 Å². The number of hydrogen-bond acceptors (Lipinski definition) is 6. The van der Waals surface area contributed by atoms with Gasteiger partial charge in [-0.25, -0.2) is 4.79 Å². The maximum Gasteiger partial charge on any atom is 0.340 e. The smallest absolute Gasteiger partial charge is 0.340 e. The molecule has 0 spiro atoms. The van der Waals surface area contributed by atoms with Crippen LogP contribution in [-0.2, 0) is 9.53 Å². The Bertz CT molecular complexity index is 854. The summed E-state index contributed by atoms with van der Waals surface area (Å²) in [6, 6.07) is 8.32. The average molecular weight is 364 g/mol. The van der Waals surface area contributed by atoms with E-state index in [-0.39, 0.29) is 16.9 Å². The molecule has 2 aromatic rings. The van der Waals surface area contributed by atoms with E-state index >= 15 is 0 Å². The van der Waals surface area contributed by atoms with E-state index in [1.54, 1.807) is 18.2 Å². The minimum atomic E-state index is -0.857. The summed E-state index contributed by atoms with van der Waals surface area (Å²) < 4.78 is 4.86. The van der Waals surface area contributed by atoms with Gasteiger partial charge in [0.1, 0.15) is 0 Å². The van der Waals surface area contributed by atoms with Crippen LogP contribution in [0.15, 0.2) is 36.4 Å². The molecule has 0 saturated heterocycles. The van der Waals surface area contributed by atoms with Crippen LogP contribution < -0.4 is 11.1 Å². The Hall–Kier alpha value is -3.13. The van der Waals surface area contributed by atoms with Crippen LogP contribution in [0.3, 0.4) is 0 Å². The maximum atomic E-state index is 11.9. The standard InChI is InChI=1S/C16H14ClN3O5/c1-9-2-3-10(6-13(9)17)19-15(21)8-25-16(22)12-5-4-11(20(23)24)7-14(12)18/h2-7H,8,18H2,1H3,(H,19,21). The highest BCUT2D eigenvalue weighted by molar-refractivity contribution is 6.31. The van der Waals surface area contributed by atoms with Gasteiger partial charge >= 0.3 is 5.97 Å². The van der Waals surface area contributed by atoms with Crippen LogP contribution in [0, 0.1) is 17.0 Å². The molecule has 0 aliphatic carbocycles. The summed E-state index contributed by atoms with van der Waals surface area (Å²) in [5.41, 5.74) is 6.51. The summed E-state index contributed by atoms with van der Waals surface area (Å²) in [5.74, 6) is -1.42. The molecule has 0 unspecified atom stereocenters. The molecule has 0 aliphatic rings. The second-order valence-corrected chi connectivity index (χ2v) is 5.52. The number of anilines is 2. The first kappa shape index (κ1) is 18.2. The molecule has 0 atom stereocenters. The van der Waals surface area contributed by atoms with Gasteiger partial charge in [-0.3, -0.25) is 14.9 Å². The SMILES string of the molecule is Cc1ccc(NC(=O)COC(=O)c2ccc([N+](=O)[O-])cc2N)cc1Cl. The van der Waals surface area contributed by atoms with E-state index in [1.807, 2.05) is 6.92 Å². The fourth-order valence-corrected chi connectivity index (χ4v) is 2.11. The molecule has 25 heavy (non-hydrogen) atoms. The molecule has 2 aromatic carbocycles. The van der Waals surface area contributed by atoms with E-state index in [1.165, 1.54) is 6.07 Å².